The summed E-state index contributed by atoms with van der Waals surface area (Å²) in [5, 5.41) is 17.3. The highest BCUT2D eigenvalue weighted by Crippen LogP contribution is 2.17. The first-order valence-electron chi connectivity index (χ1n) is 6.53. The van der Waals surface area contributed by atoms with Gasteiger partial charge in [0.1, 0.15) is 5.82 Å². The number of nitrogens with one attached hydrogen (secondary N) is 2. The third-order valence-electron chi connectivity index (χ3n) is 3.41. The predicted octanol–water partition coefficient (Wildman–Crippen LogP) is 0.353. The van der Waals surface area contributed by atoms with Crippen molar-refractivity contribution in [3.8, 4) is 0 Å². The number of H-pyrrole nitrogens is 1. The number of anilines is 1. The number of aromatic amines is 1. The van der Waals surface area contributed by atoms with Crippen LogP contribution in [0.25, 0.3) is 0 Å². The van der Waals surface area contributed by atoms with E-state index in [-0.39, 0.29) is 0 Å². The zero-order chi connectivity index (χ0) is 12.9. The first-order chi connectivity index (χ1) is 9.42. The molecule has 1 aliphatic rings. The molecule has 0 amide bonds. The molecule has 3 heterocycles. The van der Waals surface area contributed by atoms with Crippen LogP contribution < -0.4 is 10.2 Å². The second kappa shape index (κ2) is 5.75. The maximum absolute atomic E-state index is 4.39. The van der Waals surface area contributed by atoms with Crippen LogP contribution in [0.2, 0.25) is 0 Å². The van der Waals surface area contributed by atoms with Crippen LogP contribution in [0.4, 0.5) is 5.82 Å². The quantitative estimate of drug-likeness (QED) is 0.824. The zero-order valence-corrected chi connectivity index (χ0v) is 10.7. The number of rotatable bonds is 4. The Labute approximate surface area is 111 Å². The maximum atomic E-state index is 4.39. The normalized spacial score (nSPS) is 16.7. The standard InChI is InChI=1S/C12H17N7/c1-2-6-13-12(3-1)19-7-4-10(5-8-19)14-9-11-15-17-18-16-11/h1-3,6,10,14H,4-5,7-9H2,(H,15,16,17,18). The van der Waals surface area contributed by atoms with Crippen molar-refractivity contribution < 1.29 is 0 Å². The van der Waals surface area contributed by atoms with Crippen molar-refractivity contribution in [3.05, 3.63) is 30.2 Å². The molecule has 2 N–H and O–H groups in total. The highest BCUT2D eigenvalue weighted by Gasteiger charge is 2.19. The molecule has 0 aliphatic carbocycles. The molecular formula is C12H17N7. The SMILES string of the molecule is c1ccc(N2CCC(NCc3nn[nH]n3)CC2)nc1. The minimum atomic E-state index is 0.512. The monoisotopic (exact) mass is 259 g/mol. The van der Waals surface area contributed by atoms with Crippen molar-refractivity contribution in [1.29, 1.82) is 0 Å². The van der Waals surface area contributed by atoms with Crippen LogP contribution in [0, 0.1) is 0 Å². The summed E-state index contributed by atoms with van der Waals surface area (Å²) in [6.45, 7) is 2.73. The van der Waals surface area contributed by atoms with Crippen molar-refractivity contribution >= 4 is 5.82 Å². The summed E-state index contributed by atoms with van der Waals surface area (Å²) in [4.78, 5) is 6.71. The second-order valence-electron chi connectivity index (χ2n) is 4.66. The number of tetrazole rings is 1. The zero-order valence-electron chi connectivity index (χ0n) is 10.7. The summed E-state index contributed by atoms with van der Waals surface area (Å²) in [5.74, 6) is 1.78. The number of pyridine rings is 1. The average molecular weight is 259 g/mol. The lowest BCUT2D eigenvalue weighted by atomic mass is 10.1. The van der Waals surface area contributed by atoms with E-state index in [4.69, 9.17) is 0 Å². The van der Waals surface area contributed by atoms with Crippen LogP contribution in [-0.2, 0) is 6.54 Å². The molecule has 7 heteroatoms. The van der Waals surface area contributed by atoms with E-state index in [1.165, 1.54) is 0 Å². The van der Waals surface area contributed by atoms with Gasteiger partial charge in [0, 0.05) is 25.3 Å². The highest BCUT2D eigenvalue weighted by atomic mass is 15.5. The first kappa shape index (κ1) is 12.0. The topological polar surface area (TPSA) is 82.6 Å². The summed E-state index contributed by atoms with van der Waals surface area (Å²) in [6.07, 6.45) is 4.05. The van der Waals surface area contributed by atoms with Gasteiger partial charge < -0.3 is 10.2 Å². The summed E-state index contributed by atoms with van der Waals surface area (Å²) >= 11 is 0. The van der Waals surface area contributed by atoms with Crippen molar-refractivity contribution in [1.82, 2.24) is 30.9 Å². The van der Waals surface area contributed by atoms with Gasteiger partial charge in [-0.2, -0.15) is 5.21 Å². The number of aromatic nitrogens is 5. The van der Waals surface area contributed by atoms with Crippen LogP contribution in [0.5, 0.6) is 0 Å². The molecule has 0 spiro atoms. The van der Waals surface area contributed by atoms with E-state index in [2.05, 4.69) is 41.9 Å². The van der Waals surface area contributed by atoms with E-state index < -0.39 is 0 Å². The third kappa shape index (κ3) is 3.05. The molecule has 0 aromatic carbocycles. The number of hydrogen-bond donors (Lipinski definition) is 2. The van der Waals surface area contributed by atoms with Gasteiger partial charge in [-0.15, -0.1) is 10.2 Å². The van der Waals surface area contributed by atoms with Crippen LogP contribution in [0.15, 0.2) is 24.4 Å². The van der Waals surface area contributed by atoms with Gasteiger partial charge in [0.15, 0.2) is 5.82 Å². The lowest BCUT2D eigenvalue weighted by Crippen LogP contribution is -2.42. The molecule has 0 saturated carbocycles. The molecule has 3 rings (SSSR count). The number of hydrogen-bond acceptors (Lipinski definition) is 6. The number of piperidine rings is 1. The van der Waals surface area contributed by atoms with Gasteiger partial charge in [0.05, 0.1) is 6.54 Å². The third-order valence-corrected chi connectivity index (χ3v) is 3.41. The Kier molecular flexibility index (Phi) is 3.64. The summed E-state index contributed by atoms with van der Waals surface area (Å²) in [5.41, 5.74) is 0. The van der Waals surface area contributed by atoms with Crippen molar-refractivity contribution in [2.45, 2.75) is 25.4 Å². The van der Waals surface area contributed by atoms with Gasteiger partial charge in [-0.25, -0.2) is 4.98 Å². The van der Waals surface area contributed by atoms with Crippen LogP contribution in [0.1, 0.15) is 18.7 Å². The molecule has 0 bridgehead atoms. The molecule has 1 saturated heterocycles. The Balaban J connectivity index is 1.47. The van der Waals surface area contributed by atoms with Crippen LogP contribution >= 0.6 is 0 Å². The minimum Gasteiger partial charge on any atom is -0.357 e. The van der Waals surface area contributed by atoms with Crippen LogP contribution in [0.3, 0.4) is 0 Å². The summed E-state index contributed by atoms with van der Waals surface area (Å²) in [6, 6.07) is 6.55. The molecule has 7 nitrogen and oxygen atoms in total. The van der Waals surface area contributed by atoms with Gasteiger partial charge >= 0.3 is 0 Å². The van der Waals surface area contributed by atoms with E-state index in [1.54, 1.807) is 0 Å². The lowest BCUT2D eigenvalue weighted by Gasteiger charge is -2.33. The van der Waals surface area contributed by atoms with Gasteiger partial charge in [0.25, 0.3) is 0 Å². The van der Waals surface area contributed by atoms with Gasteiger partial charge in [-0.05, 0) is 25.0 Å². The molecule has 1 fully saturated rings. The second-order valence-corrected chi connectivity index (χ2v) is 4.66. The van der Waals surface area contributed by atoms with Crippen LogP contribution in [-0.4, -0.2) is 44.7 Å². The molecule has 0 atom stereocenters. The molecule has 2 aromatic heterocycles. The minimum absolute atomic E-state index is 0.512. The van der Waals surface area contributed by atoms with E-state index in [0.717, 1.165) is 31.7 Å². The number of nitrogens with zero attached hydrogens (tertiary/aromatic N) is 5. The van der Waals surface area contributed by atoms with E-state index in [9.17, 15) is 0 Å². The Morgan fingerprint density at radius 3 is 2.89 bits per heavy atom. The fourth-order valence-electron chi connectivity index (χ4n) is 2.35. The average Bonchev–Trinajstić information content (AvgIpc) is 3.00. The van der Waals surface area contributed by atoms with E-state index >= 15 is 0 Å². The first-order valence-corrected chi connectivity index (χ1v) is 6.53. The van der Waals surface area contributed by atoms with Gasteiger partial charge in [0.2, 0.25) is 0 Å². The van der Waals surface area contributed by atoms with Gasteiger partial charge in [-0.1, -0.05) is 11.3 Å². The Morgan fingerprint density at radius 2 is 2.21 bits per heavy atom. The molecule has 2 aromatic rings. The van der Waals surface area contributed by atoms with Crippen molar-refractivity contribution in [3.63, 3.8) is 0 Å². The predicted molar refractivity (Wildman–Crippen MR) is 70.5 cm³/mol. The molecule has 19 heavy (non-hydrogen) atoms. The molecule has 100 valence electrons. The Hall–Kier alpha value is -2.02. The summed E-state index contributed by atoms with van der Waals surface area (Å²) < 4.78 is 0. The van der Waals surface area contributed by atoms with Gasteiger partial charge in [-0.3, -0.25) is 0 Å². The molecule has 1 aliphatic heterocycles. The Bertz CT molecular complexity index is 476. The summed E-state index contributed by atoms with van der Waals surface area (Å²) in [7, 11) is 0. The Morgan fingerprint density at radius 1 is 1.32 bits per heavy atom. The van der Waals surface area contributed by atoms with Crippen molar-refractivity contribution in [2.75, 3.05) is 18.0 Å². The van der Waals surface area contributed by atoms with E-state index in [0.29, 0.717) is 18.4 Å². The fraction of sp³-hybridized carbons (Fsp3) is 0.500. The molecular weight excluding hydrogens is 242 g/mol. The lowest BCUT2D eigenvalue weighted by molar-refractivity contribution is 0.408. The highest BCUT2D eigenvalue weighted by molar-refractivity contribution is 5.38. The smallest absolute Gasteiger partial charge is 0.188 e. The maximum Gasteiger partial charge on any atom is 0.188 e. The fourth-order valence-corrected chi connectivity index (χ4v) is 2.35. The molecule has 0 radical (unpaired) electrons. The largest absolute Gasteiger partial charge is 0.357 e. The van der Waals surface area contributed by atoms with Crippen molar-refractivity contribution in [2.24, 2.45) is 0 Å². The van der Waals surface area contributed by atoms with E-state index in [1.807, 2.05) is 18.3 Å². The molecule has 0 unspecified atom stereocenters.